The molecule has 31 heavy (non-hydrogen) atoms. The van der Waals surface area contributed by atoms with Gasteiger partial charge in [0.25, 0.3) is 5.91 Å². The number of aromatic nitrogens is 3. The molecule has 0 fully saturated rings. The number of aromatic carboxylic acids is 1. The number of fused-ring (bicyclic) bond motifs is 1. The zero-order chi connectivity index (χ0) is 22.0. The SMILES string of the molecule is CN1C(=S)C(NC(=O)c2ncn(Cc3ccccc3)n2)COc2ccc(C(=O)O)cc21. The Bertz CT molecular complexity index is 1150. The number of carbonyl (C=O) groups is 2. The number of likely N-dealkylation sites (N-methyl/N-ethyl adjacent to an activating group) is 1. The van der Waals surface area contributed by atoms with Crippen LogP contribution < -0.4 is 15.0 Å². The molecule has 0 spiro atoms. The summed E-state index contributed by atoms with van der Waals surface area (Å²) in [6, 6.07) is 13.6. The second-order valence-electron chi connectivity index (χ2n) is 6.97. The Morgan fingerprint density at radius 2 is 2.03 bits per heavy atom. The first kappa shape index (κ1) is 20.5. The van der Waals surface area contributed by atoms with Gasteiger partial charge in [0.15, 0.2) is 0 Å². The molecule has 2 aromatic carbocycles. The number of ether oxygens (including phenoxy) is 1. The zero-order valence-electron chi connectivity index (χ0n) is 16.6. The van der Waals surface area contributed by atoms with Crippen LogP contribution in [0.25, 0.3) is 0 Å². The Labute approximate surface area is 183 Å². The highest BCUT2D eigenvalue weighted by Gasteiger charge is 2.29. The predicted molar refractivity (Wildman–Crippen MR) is 117 cm³/mol. The van der Waals surface area contributed by atoms with E-state index in [1.807, 2.05) is 30.3 Å². The molecular formula is C21H19N5O4S. The third-order valence-corrected chi connectivity index (χ3v) is 5.39. The molecule has 1 unspecified atom stereocenters. The fourth-order valence-corrected chi connectivity index (χ4v) is 3.43. The van der Waals surface area contributed by atoms with E-state index < -0.39 is 17.9 Å². The van der Waals surface area contributed by atoms with Crippen molar-refractivity contribution in [3.8, 4) is 5.75 Å². The molecule has 158 valence electrons. The molecule has 1 atom stereocenters. The molecule has 0 saturated carbocycles. The number of hydrogen-bond donors (Lipinski definition) is 2. The average molecular weight is 437 g/mol. The predicted octanol–water partition coefficient (Wildman–Crippen LogP) is 1.98. The van der Waals surface area contributed by atoms with Crippen molar-refractivity contribution in [2.75, 3.05) is 18.6 Å². The van der Waals surface area contributed by atoms with Crippen LogP contribution in [0, 0.1) is 0 Å². The second-order valence-corrected chi connectivity index (χ2v) is 7.39. The van der Waals surface area contributed by atoms with Crippen LogP contribution in [0.4, 0.5) is 5.69 Å². The number of carboxylic acid groups (broad SMARTS) is 1. The van der Waals surface area contributed by atoms with Crippen LogP contribution >= 0.6 is 12.2 Å². The first-order valence-electron chi connectivity index (χ1n) is 9.44. The second kappa shape index (κ2) is 8.52. The van der Waals surface area contributed by atoms with Gasteiger partial charge in [0.05, 0.1) is 17.8 Å². The van der Waals surface area contributed by atoms with E-state index in [0.29, 0.717) is 23.0 Å². The number of amides is 1. The van der Waals surface area contributed by atoms with E-state index in [1.54, 1.807) is 22.7 Å². The highest BCUT2D eigenvalue weighted by atomic mass is 32.1. The summed E-state index contributed by atoms with van der Waals surface area (Å²) in [5, 5.41) is 16.3. The number of anilines is 1. The van der Waals surface area contributed by atoms with Gasteiger partial charge < -0.3 is 20.1 Å². The number of rotatable bonds is 5. The summed E-state index contributed by atoms with van der Waals surface area (Å²) >= 11 is 5.52. The fourth-order valence-electron chi connectivity index (χ4n) is 3.20. The number of benzene rings is 2. The molecule has 0 saturated heterocycles. The number of carbonyl (C=O) groups excluding carboxylic acids is 1. The van der Waals surface area contributed by atoms with Crippen molar-refractivity contribution in [3.05, 3.63) is 71.8 Å². The summed E-state index contributed by atoms with van der Waals surface area (Å²) < 4.78 is 7.36. The van der Waals surface area contributed by atoms with Crippen LogP contribution in [-0.2, 0) is 6.54 Å². The number of nitrogens with one attached hydrogen (secondary N) is 1. The number of carboxylic acids is 1. The van der Waals surface area contributed by atoms with E-state index >= 15 is 0 Å². The molecule has 2 N–H and O–H groups in total. The minimum absolute atomic E-state index is 0.0244. The minimum Gasteiger partial charge on any atom is -0.489 e. The van der Waals surface area contributed by atoms with Gasteiger partial charge in [0, 0.05) is 7.05 Å². The lowest BCUT2D eigenvalue weighted by molar-refractivity contribution is 0.0696. The van der Waals surface area contributed by atoms with E-state index in [1.165, 1.54) is 18.5 Å². The largest absolute Gasteiger partial charge is 0.489 e. The van der Waals surface area contributed by atoms with Gasteiger partial charge in [0.1, 0.15) is 29.7 Å². The molecule has 1 aliphatic rings. The van der Waals surface area contributed by atoms with Crippen LogP contribution in [0.3, 0.4) is 0 Å². The third-order valence-electron chi connectivity index (χ3n) is 4.83. The number of nitrogens with zero attached hydrogens (tertiary/aromatic N) is 4. The molecule has 1 aliphatic heterocycles. The van der Waals surface area contributed by atoms with Crippen molar-refractivity contribution >= 4 is 34.8 Å². The molecule has 1 aromatic heterocycles. The van der Waals surface area contributed by atoms with Crippen molar-refractivity contribution in [2.24, 2.45) is 0 Å². The molecule has 3 aromatic rings. The average Bonchev–Trinajstić information content (AvgIpc) is 3.20. The molecule has 9 nitrogen and oxygen atoms in total. The van der Waals surface area contributed by atoms with Gasteiger partial charge in [-0.1, -0.05) is 42.5 Å². The molecule has 0 bridgehead atoms. The van der Waals surface area contributed by atoms with Crippen LogP contribution in [0.15, 0.2) is 54.9 Å². The summed E-state index contributed by atoms with van der Waals surface area (Å²) in [7, 11) is 1.70. The Kier molecular flexibility index (Phi) is 5.63. The lowest BCUT2D eigenvalue weighted by Crippen LogP contribution is -2.48. The summed E-state index contributed by atoms with van der Waals surface area (Å²) in [6.07, 6.45) is 1.50. The van der Waals surface area contributed by atoms with Crippen molar-refractivity contribution in [1.82, 2.24) is 20.1 Å². The summed E-state index contributed by atoms with van der Waals surface area (Å²) in [5.41, 5.74) is 1.68. The molecular weight excluding hydrogens is 418 g/mol. The first-order chi connectivity index (χ1) is 14.9. The van der Waals surface area contributed by atoms with E-state index in [4.69, 9.17) is 17.0 Å². The molecule has 0 radical (unpaired) electrons. The Balaban J connectivity index is 1.46. The smallest absolute Gasteiger partial charge is 0.335 e. The van der Waals surface area contributed by atoms with Gasteiger partial charge in [-0.05, 0) is 23.8 Å². The quantitative estimate of drug-likeness (QED) is 0.583. The van der Waals surface area contributed by atoms with Gasteiger partial charge in [-0.2, -0.15) is 0 Å². The van der Waals surface area contributed by atoms with Crippen molar-refractivity contribution < 1.29 is 19.4 Å². The molecule has 0 aliphatic carbocycles. The van der Waals surface area contributed by atoms with Crippen molar-refractivity contribution in [1.29, 1.82) is 0 Å². The monoisotopic (exact) mass is 437 g/mol. The minimum atomic E-state index is -1.05. The summed E-state index contributed by atoms with van der Waals surface area (Å²) in [5.74, 6) is -1.02. The lowest BCUT2D eigenvalue weighted by Gasteiger charge is -2.23. The molecule has 10 heteroatoms. The fraction of sp³-hybridized carbons (Fsp3) is 0.190. The Morgan fingerprint density at radius 3 is 2.77 bits per heavy atom. The molecule has 4 rings (SSSR count). The lowest BCUT2D eigenvalue weighted by atomic mass is 10.1. The molecule has 1 amide bonds. The Morgan fingerprint density at radius 1 is 1.26 bits per heavy atom. The van der Waals surface area contributed by atoms with E-state index in [-0.39, 0.29) is 18.0 Å². The van der Waals surface area contributed by atoms with Gasteiger partial charge in [-0.25, -0.2) is 14.5 Å². The van der Waals surface area contributed by atoms with Crippen LogP contribution in [-0.4, -0.2) is 56.4 Å². The highest BCUT2D eigenvalue weighted by molar-refractivity contribution is 7.80. The van der Waals surface area contributed by atoms with Gasteiger partial charge in [-0.15, -0.1) is 5.10 Å². The maximum Gasteiger partial charge on any atom is 0.335 e. The number of hydrogen-bond acceptors (Lipinski definition) is 6. The third kappa shape index (κ3) is 4.38. The van der Waals surface area contributed by atoms with E-state index in [0.717, 1.165) is 5.56 Å². The topological polar surface area (TPSA) is 110 Å². The Hall–Kier alpha value is -3.79. The molecule has 2 heterocycles. The van der Waals surface area contributed by atoms with Crippen molar-refractivity contribution in [3.63, 3.8) is 0 Å². The normalized spacial score (nSPS) is 15.6. The van der Waals surface area contributed by atoms with E-state index in [2.05, 4.69) is 15.4 Å². The van der Waals surface area contributed by atoms with Gasteiger partial charge >= 0.3 is 5.97 Å². The zero-order valence-corrected chi connectivity index (χ0v) is 17.4. The maximum absolute atomic E-state index is 12.7. The van der Waals surface area contributed by atoms with Crippen LogP contribution in [0.5, 0.6) is 5.75 Å². The van der Waals surface area contributed by atoms with Gasteiger partial charge in [-0.3, -0.25) is 4.79 Å². The maximum atomic E-state index is 12.7. The summed E-state index contributed by atoms with van der Waals surface area (Å²) in [6.45, 7) is 0.592. The van der Waals surface area contributed by atoms with Crippen LogP contribution in [0.1, 0.15) is 26.5 Å². The van der Waals surface area contributed by atoms with E-state index in [9.17, 15) is 14.7 Å². The van der Waals surface area contributed by atoms with Gasteiger partial charge in [0.2, 0.25) is 5.82 Å². The van der Waals surface area contributed by atoms with Crippen molar-refractivity contribution in [2.45, 2.75) is 12.6 Å². The van der Waals surface area contributed by atoms with Crippen LogP contribution in [0.2, 0.25) is 0 Å². The number of thiocarbonyl (C=S) groups is 1. The highest BCUT2D eigenvalue weighted by Crippen LogP contribution is 2.32. The first-order valence-corrected chi connectivity index (χ1v) is 9.85. The standard InChI is InChI=1S/C21H19N5O4S/c1-25-16-9-14(21(28)29)7-8-17(16)30-11-15(20(25)31)23-19(27)18-22-12-26(24-18)10-13-5-3-2-4-6-13/h2-9,12,15H,10-11H2,1H3,(H,23,27)(H,28,29). The summed E-state index contributed by atoms with van der Waals surface area (Å²) in [4.78, 5) is 30.1.